The van der Waals surface area contributed by atoms with Gasteiger partial charge in [-0.3, -0.25) is 18.9 Å². The fraction of sp³-hybridized carbons (Fsp3) is 0.714. The molecule has 206 valence electrons. The average molecular weight is 584 g/mol. The first kappa shape index (κ1) is 29.4. The summed E-state index contributed by atoms with van der Waals surface area (Å²) >= 11 is 0. The fourth-order valence-corrected chi connectivity index (χ4v) is 7.07. The van der Waals surface area contributed by atoms with Crippen LogP contribution in [-0.4, -0.2) is 88.2 Å². The normalized spacial score (nSPS) is 34.4. The lowest BCUT2D eigenvalue weighted by Gasteiger charge is -2.37. The van der Waals surface area contributed by atoms with Crippen molar-refractivity contribution in [2.24, 2.45) is 0 Å². The van der Waals surface area contributed by atoms with Crippen molar-refractivity contribution < 1.29 is 71.2 Å². The molecule has 0 saturated carbocycles. The van der Waals surface area contributed by atoms with Gasteiger partial charge in [-0.15, -0.1) is 0 Å². The predicted octanol–water partition coefficient (Wildman–Crippen LogP) is -2.89. The molecule has 0 aromatic carbocycles. The van der Waals surface area contributed by atoms with Gasteiger partial charge in [0, 0.05) is 18.2 Å². The van der Waals surface area contributed by atoms with Crippen LogP contribution in [-0.2, 0) is 42.0 Å². The van der Waals surface area contributed by atoms with E-state index < -0.39 is 90.6 Å². The third kappa shape index (κ3) is 6.30. The molecule has 0 bridgehead atoms. The topological polar surface area (TPSA) is 294 Å². The fourth-order valence-electron chi connectivity index (χ4n) is 3.86. The van der Waals surface area contributed by atoms with E-state index in [1.807, 2.05) is 4.98 Å². The van der Waals surface area contributed by atoms with Crippen LogP contribution in [0.4, 0.5) is 0 Å². The Balaban J connectivity index is 2.01. The van der Waals surface area contributed by atoms with Crippen molar-refractivity contribution in [1.29, 1.82) is 0 Å². The number of ether oxygens (including phenoxy) is 2. The van der Waals surface area contributed by atoms with Crippen molar-refractivity contribution in [2.45, 2.75) is 49.6 Å². The minimum atomic E-state index is -5.87. The van der Waals surface area contributed by atoms with Gasteiger partial charge in [-0.1, -0.05) is 0 Å². The molecule has 3 unspecified atom stereocenters. The number of hydrogen-bond acceptors (Lipinski definition) is 13. The van der Waals surface area contributed by atoms with Gasteiger partial charge in [0.1, 0.15) is 30.5 Å². The van der Waals surface area contributed by atoms with E-state index in [4.69, 9.17) is 23.8 Å². The number of H-pyrrole nitrogens is 1. The molecule has 3 rings (SSSR count). The van der Waals surface area contributed by atoms with Crippen LogP contribution < -0.4 is 11.2 Å². The highest BCUT2D eigenvalue weighted by atomic mass is 31.3. The van der Waals surface area contributed by atoms with Gasteiger partial charge in [-0.05, 0) is 6.92 Å². The van der Waals surface area contributed by atoms with Crippen molar-refractivity contribution in [3.05, 3.63) is 32.6 Å². The summed E-state index contributed by atoms with van der Waals surface area (Å²) in [5.41, 5.74) is -4.09. The summed E-state index contributed by atoms with van der Waals surface area (Å²) < 4.78 is 58.8. The van der Waals surface area contributed by atoms with Gasteiger partial charge in [0.05, 0.1) is 13.2 Å². The summed E-state index contributed by atoms with van der Waals surface area (Å²) in [5, 5.41) is 30.2. The predicted molar refractivity (Wildman–Crippen MR) is 111 cm³/mol. The van der Waals surface area contributed by atoms with Crippen molar-refractivity contribution in [3.8, 4) is 0 Å². The maximum absolute atomic E-state index is 12.7. The van der Waals surface area contributed by atoms with E-state index in [-0.39, 0.29) is 5.56 Å². The van der Waals surface area contributed by atoms with Crippen LogP contribution >= 0.6 is 23.5 Å². The molecule has 0 amide bonds. The molecule has 0 aliphatic carbocycles. The number of aliphatic hydroxyl groups is 3. The van der Waals surface area contributed by atoms with E-state index >= 15 is 0 Å². The largest absolute Gasteiger partial charge is 0.490 e. The number of phosphoric acid groups is 3. The molecule has 3 heterocycles. The molecule has 19 nitrogen and oxygen atoms in total. The number of nitrogens with zero attached hydrogens (tertiary/aromatic N) is 1. The first-order valence-electron chi connectivity index (χ1n) is 9.81. The number of aliphatic hydroxyl groups excluding tert-OH is 3. The molecule has 22 heteroatoms. The van der Waals surface area contributed by atoms with Crippen molar-refractivity contribution >= 4 is 23.5 Å². The Bertz CT molecular complexity index is 1240. The number of nitrogens with one attached hydrogen (secondary N) is 1. The van der Waals surface area contributed by atoms with Gasteiger partial charge >= 0.3 is 29.2 Å². The lowest BCUT2D eigenvalue weighted by Crippen LogP contribution is -2.56. The van der Waals surface area contributed by atoms with Crippen molar-refractivity contribution in [1.82, 2.24) is 9.55 Å². The molecule has 1 aromatic rings. The Hall–Kier alpha value is -1.11. The summed E-state index contributed by atoms with van der Waals surface area (Å²) in [4.78, 5) is 63.1. The standard InChI is InChI=1S/C14H23N2O17P3/c1-6-3-16(13(21)15-12(6)20)14(11-10(19)7(18)5-29-11)2-8(9(4-17)30-14)31-35(25,26)33-36(27,28)32-34(22,23)24/h3,7-11,17-19H,2,4-5H2,1H3,(H,25,26)(H,27,28)(H,15,20,21)(H2,22,23,24)/t7-,8-,9+,10+,11?,14-/m0/s1. The molecule has 0 spiro atoms. The molecule has 2 fully saturated rings. The summed E-state index contributed by atoms with van der Waals surface area (Å²) in [7, 11) is -17.2. The third-order valence-electron chi connectivity index (χ3n) is 5.25. The highest BCUT2D eigenvalue weighted by molar-refractivity contribution is 7.66. The Kier molecular flexibility index (Phi) is 8.36. The maximum atomic E-state index is 12.7. The van der Waals surface area contributed by atoms with E-state index in [1.165, 1.54) is 6.92 Å². The molecule has 2 saturated heterocycles. The number of aromatic amines is 1. The lowest BCUT2D eigenvalue weighted by molar-refractivity contribution is -0.200. The third-order valence-corrected chi connectivity index (χ3v) is 9.12. The Morgan fingerprint density at radius 2 is 1.78 bits per heavy atom. The maximum Gasteiger partial charge on any atom is 0.490 e. The van der Waals surface area contributed by atoms with E-state index in [0.717, 1.165) is 10.8 Å². The number of hydrogen-bond donors (Lipinski definition) is 8. The van der Waals surface area contributed by atoms with E-state index in [0.29, 0.717) is 0 Å². The number of phosphoric ester groups is 1. The van der Waals surface area contributed by atoms with Gasteiger partial charge in [0.25, 0.3) is 5.56 Å². The summed E-state index contributed by atoms with van der Waals surface area (Å²) in [5.74, 6) is 0. The van der Waals surface area contributed by atoms with Crippen LogP contribution in [0.2, 0.25) is 0 Å². The van der Waals surface area contributed by atoms with Gasteiger partial charge in [0.2, 0.25) is 0 Å². The molecule has 0 radical (unpaired) electrons. The van der Waals surface area contributed by atoms with Crippen LogP contribution in [0, 0.1) is 6.92 Å². The number of aromatic nitrogens is 2. The van der Waals surface area contributed by atoms with Crippen molar-refractivity contribution in [3.63, 3.8) is 0 Å². The minimum absolute atomic E-state index is 0.0255. The number of aryl methyl sites for hydroxylation is 1. The second-order valence-electron chi connectivity index (χ2n) is 7.88. The number of rotatable bonds is 9. The van der Waals surface area contributed by atoms with Crippen LogP contribution in [0.1, 0.15) is 12.0 Å². The molecule has 36 heavy (non-hydrogen) atoms. The van der Waals surface area contributed by atoms with E-state index in [1.54, 1.807) is 0 Å². The Morgan fingerprint density at radius 3 is 2.31 bits per heavy atom. The summed E-state index contributed by atoms with van der Waals surface area (Å²) in [6.45, 7) is -0.0890. The zero-order chi connectivity index (χ0) is 27.3. The monoisotopic (exact) mass is 584 g/mol. The average Bonchev–Trinajstić information content (AvgIpc) is 3.22. The first-order chi connectivity index (χ1) is 16.4. The van der Waals surface area contributed by atoms with Gasteiger partial charge in [-0.25, -0.2) is 18.5 Å². The molecular weight excluding hydrogens is 561 g/mol. The summed E-state index contributed by atoms with van der Waals surface area (Å²) in [6.07, 6.45) is -7.83. The quantitative estimate of drug-likeness (QED) is 0.135. The van der Waals surface area contributed by atoms with E-state index in [2.05, 4.69) is 8.62 Å². The minimum Gasteiger partial charge on any atom is -0.394 e. The Labute approximate surface area is 200 Å². The lowest BCUT2D eigenvalue weighted by atomic mass is 9.95. The van der Waals surface area contributed by atoms with Gasteiger partial charge < -0.3 is 44.4 Å². The highest BCUT2D eigenvalue weighted by Gasteiger charge is 2.60. The zero-order valence-corrected chi connectivity index (χ0v) is 20.8. The van der Waals surface area contributed by atoms with Gasteiger partial charge in [0.15, 0.2) is 5.72 Å². The molecule has 2 aliphatic heterocycles. The van der Waals surface area contributed by atoms with Crippen molar-refractivity contribution in [2.75, 3.05) is 13.2 Å². The molecule has 8 atom stereocenters. The van der Waals surface area contributed by atoms with Crippen LogP contribution in [0.25, 0.3) is 0 Å². The van der Waals surface area contributed by atoms with Crippen LogP contribution in [0.15, 0.2) is 15.8 Å². The molecule has 1 aromatic heterocycles. The van der Waals surface area contributed by atoms with Crippen LogP contribution in [0.3, 0.4) is 0 Å². The molecule has 2 aliphatic rings. The first-order valence-corrected chi connectivity index (χ1v) is 14.3. The molecular formula is C14H23N2O17P3. The smallest absolute Gasteiger partial charge is 0.394 e. The highest BCUT2D eigenvalue weighted by Crippen LogP contribution is 2.67. The van der Waals surface area contributed by atoms with Gasteiger partial charge in [-0.2, -0.15) is 8.62 Å². The Morgan fingerprint density at radius 1 is 1.14 bits per heavy atom. The second kappa shape index (κ2) is 10.2. The van der Waals surface area contributed by atoms with Crippen LogP contribution in [0.5, 0.6) is 0 Å². The SMILES string of the molecule is Cc1cn([C@@]2(C3OC[C@H](O)[C@H]3O)C[C@H](OP(=O)(O)OP(=O)(O)OP(=O)(O)O)[C@@H](CO)O2)c(=O)[nH]c1=O. The second-order valence-corrected chi connectivity index (χ2v) is 12.2. The molecule has 8 N–H and O–H groups in total. The zero-order valence-electron chi connectivity index (χ0n) is 18.1. The van der Waals surface area contributed by atoms with E-state index in [9.17, 15) is 48.4 Å². The summed E-state index contributed by atoms with van der Waals surface area (Å²) in [6, 6.07) is 0.